The molecule has 0 aliphatic carbocycles. The average molecular weight is 285 g/mol. The van der Waals surface area contributed by atoms with E-state index >= 15 is 0 Å². The molecule has 0 N–H and O–H groups in total. The maximum absolute atomic E-state index is 11.7. The third kappa shape index (κ3) is 2.58. The van der Waals surface area contributed by atoms with Crippen LogP contribution in [0, 0.1) is 6.92 Å². The topological polar surface area (TPSA) is 87.7 Å². The molecule has 9 heteroatoms. The van der Waals surface area contributed by atoms with Crippen molar-refractivity contribution in [2.45, 2.75) is 20.4 Å². The first-order valence-electron chi connectivity index (χ1n) is 5.65. The molecule has 0 unspecified atom stereocenters. The van der Waals surface area contributed by atoms with E-state index in [9.17, 15) is 4.79 Å². The summed E-state index contributed by atoms with van der Waals surface area (Å²) in [6, 6.07) is 0. The van der Waals surface area contributed by atoms with E-state index in [-0.39, 0.29) is 19.0 Å². The van der Waals surface area contributed by atoms with Crippen molar-refractivity contribution in [3.63, 3.8) is 0 Å². The Labute approximate surface area is 114 Å². The molecule has 8 nitrogen and oxygen atoms in total. The second-order valence-electron chi connectivity index (χ2n) is 3.86. The molecule has 2 aromatic heterocycles. The summed E-state index contributed by atoms with van der Waals surface area (Å²) in [4.78, 5) is 11.7. The van der Waals surface area contributed by atoms with E-state index in [0.717, 1.165) is 11.3 Å². The van der Waals surface area contributed by atoms with Crippen LogP contribution in [0.4, 0.5) is 0 Å². The van der Waals surface area contributed by atoms with Crippen LogP contribution >= 0.6 is 11.6 Å². The Morgan fingerprint density at radius 3 is 2.79 bits per heavy atom. The van der Waals surface area contributed by atoms with Crippen molar-refractivity contribution in [2.24, 2.45) is 7.05 Å². The minimum Gasteiger partial charge on any atom is -0.460 e. The standard InChI is InChI=1S/C10H13ClN6O2/c1-4-19-10(18)9-12-14-15-17(9)5-7-6(2)13-16(3)8(7)11/h4-5H2,1-3H3. The zero-order chi connectivity index (χ0) is 14.0. The van der Waals surface area contributed by atoms with Crippen LogP contribution in [0.5, 0.6) is 0 Å². The first kappa shape index (κ1) is 13.5. The fourth-order valence-corrected chi connectivity index (χ4v) is 1.89. The zero-order valence-electron chi connectivity index (χ0n) is 10.8. The first-order chi connectivity index (χ1) is 9.04. The third-order valence-corrected chi connectivity index (χ3v) is 3.04. The number of aryl methyl sites for hydroxylation is 2. The van der Waals surface area contributed by atoms with Gasteiger partial charge < -0.3 is 4.74 Å². The van der Waals surface area contributed by atoms with Crippen LogP contribution in [-0.2, 0) is 18.3 Å². The SMILES string of the molecule is CCOC(=O)c1nnnn1Cc1c(C)nn(C)c1Cl. The van der Waals surface area contributed by atoms with Crippen molar-refractivity contribution in [3.8, 4) is 0 Å². The summed E-state index contributed by atoms with van der Waals surface area (Å²) in [6.45, 7) is 4.07. The van der Waals surface area contributed by atoms with Crippen LogP contribution in [0.2, 0.25) is 5.15 Å². The van der Waals surface area contributed by atoms with E-state index in [1.807, 2.05) is 6.92 Å². The molecule has 0 saturated carbocycles. The van der Waals surface area contributed by atoms with E-state index < -0.39 is 5.97 Å². The molecule has 0 saturated heterocycles. The normalized spacial score (nSPS) is 10.7. The van der Waals surface area contributed by atoms with Crippen molar-refractivity contribution in [2.75, 3.05) is 6.61 Å². The minimum absolute atomic E-state index is 0.0427. The Morgan fingerprint density at radius 2 is 2.21 bits per heavy atom. The lowest BCUT2D eigenvalue weighted by Gasteiger charge is -2.04. The number of rotatable bonds is 4. The quantitative estimate of drug-likeness (QED) is 0.764. The molecular formula is C10H13ClN6O2. The number of hydrogen-bond acceptors (Lipinski definition) is 6. The molecule has 0 aliphatic heterocycles. The minimum atomic E-state index is -0.565. The molecule has 0 atom stereocenters. The Kier molecular flexibility index (Phi) is 3.79. The highest BCUT2D eigenvalue weighted by molar-refractivity contribution is 6.30. The molecule has 2 heterocycles. The number of esters is 1. The van der Waals surface area contributed by atoms with Gasteiger partial charge in [-0.2, -0.15) is 5.10 Å². The van der Waals surface area contributed by atoms with E-state index in [0.29, 0.717) is 5.15 Å². The van der Waals surface area contributed by atoms with Gasteiger partial charge in [0.25, 0.3) is 5.82 Å². The number of carbonyl (C=O) groups is 1. The van der Waals surface area contributed by atoms with Crippen molar-refractivity contribution in [1.29, 1.82) is 0 Å². The van der Waals surface area contributed by atoms with Gasteiger partial charge in [0.05, 0.1) is 18.8 Å². The summed E-state index contributed by atoms with van der Waals surface area (Å²) in [5, 5.41) is 15.6. The molecule has 0 amide bonds. The smallest absolute Gasteiger partial charge is 0.378 e. The van der Waals surface area contributed by atoms with Gasteiger partial charge >= 0.3 is 5.97 Å². The predicted octanol–water partition coefficient (Wildman–Crippen LogP) is 0.593. The van der Waals surface area contributed by atoms with Gasteiger partial charge in [-0.15, -0.1) is 5.10 Å². The molecule has 0 aromatic carbocycles. The molecule has 2 rings (SSSR count). The largest absolute Gasteiger partial charge is 0.460 e. The summed E-state index contributed by atoms with van der Waals surface area (Å²) in [5.74, 6) is -0.522. The monoisotopic (exact) mass is 284 g/mol. The molecule has 102 valence electrons. The van der Waals surface area contributed by atoms with Gasteiger partial charge in [0.1, 0.15) is 5.15 Å². The van der Waals surface area contributed by atoms with Gasteiger partial charge in [0.2, 0.25) is 0 Å². The fourth-order valence-electron chi connectivity index (χ4n) is 1.66. The van der Waals surface area contributed by atoms with Crippen LogP contribution in [-0.4, -0.2) is 42.6 Å². The lowest BCUT2D eigenvalue weighted by Crippen LogP contribution is -2.15. The Bertz CT molecular complexity index is 605. The first-order valence-corrected chi connectivity index (χ1v) is 6.03. The highest BCUT2D eigenvalue weighted by Gasteiger charge is 2.20. The molecule has 2 aromatic rings. The summed E-state index contributed by atoms with van der Waals surface area (Å²) in [7, 11) is 1.74. The van der Waals surface area contributed by atoms with Gasteiger partial charge in [0.15, 0.2) is 0 Å². The van der Waals surface area contributed by atoms with Crippen LogP contribution in [0.25, 0.3) is 0 Å². The maximum atomic E-state index is 11.7. The van der Waals surface area contributed by atoms with Crippen LogP contribution < -0.4 is 0 Å². The Balaban J connectivity index is 2.29. The number of tetrazole rings is 1. The third-order valence-electron chi connectivity index (χ3n) is 2.57. The summed E-state index contributed by atoms with van der Waals surface area (Å²) in [6.07, 6.45) is 0. The van der Waals surface area contributed by atoms with Crippen LogP contribution in [0.3, 0.4) is 0 Å². The molecule has 0 spiro atoms. The van der Waals surface area contributed by atoms with Crippen molar-refractivity contribution < 1.29 is 9.53 Å². The molecular weight excluding hydrogens is 272 g/mol. The van der Waals surface area contributed by atoms with E-state index in [1.165, 1.54) is 4.68 Å². The number of nitrogens with zero attached hydrogens (tertiary/aromatic N) is 6. The summed E-state index contributed by atoms with van der Waals surface area (Å²) >= 11 is 6.13. The predicted molar refractivity (Wildman–Crippen MR) is 65.8 cm³/mol. The Morgan fingerprint density at radius 1 is 1.47 bits per heavy atom. The number of hydrogen-bond donors (Lipinski definition) is 0. The second-order valence-corrected chi connectivity index (χ2v) is 4.22. The molecule has 0 radical (unpaired) electrons. The maximum Gasteiger partial charge on any atom is 0.378 e. The number of aromatic nitrogens is 6. The number of carbonyl (C=O) groups excluding carboxylic acids is 1. The van der Waals surface area contributed by atoms with Crippen molar-refractivity contribution in [3.05, 3.63) is 22.2 Å². The van der Waals surface area contributed by atoms with Crippen molar-refractivity contribution in [1.82, 2.24) is 30.0 Å². The lowest BCUT2D eigenvalue weighted by atomic mass is 10.2. The van der Waals surface area contributed by atoms with E-state index in [1.54, 1.807) is 18.7 Å². The number of halogens is 1. The highest BCUT2D eigenvalue weighted by Crippen LogP contribution is 2.19. The van der Waals surface area contributed by atoms with Gasteiger partial charge in [0, 0.05) is 12.6 Å². The van der Waals surface area contributed by atoms with E-state index in [4.69, 9.17) is 16.3 Å². The molecule has 0 aliphatic rings. The van der Waals surface area contributed by atoms with Crippen molar-refractivity contribution >= 4 is 17.6 Å². The zero-order valence-corrected chi connectivity index (χ0v) is 11.5. The molecule has 0 fully saturated rings. The summed E-state index contributed by atoms with van der Waals surface area (Å²) < 4.78 is 7.77. The van der Waals surface area contributed by atoms with Gasteiger partial charge in [-0.25, -0.2) is 9.48 Å². The average Bonchev–Trinajstić information content (AvgIpc) is 2.91. The van der Waals surface area contributed by atoms with E-state index in [2.05, 4.69) is 20.6 Å². The van der Waals surface area contributed by atoms with Gasteiger partial charge in [-0.1, -0.05) is 11.6 Å². The summed E-state index contributed by atoms with van der Waals surface area (Å²) in [5.41, 5.74) is 1.53. The second kappa shape index (κ2) is 5.35. The van der Waals surface area contributed by atoms with Crippen LogP contribution in [0.15, 0.2) is 0 Å². The van der Waals surface area contributed by atoms with Gasteiger partial charge in [-0.05, 0) is 24.3 Å². The number of ether oxygens (including phenoxy) is 1. The van der Waals surface area contributed by atoms with Gasteiger partial charge in [-0.3, -0.25) is 4.68 Å². The highest BCUT2D eigenvalue weighted by atomic mass is 35.5. The molecule has 0 bridgehead atoms. The molecule has 19 heavy (non-hydrogen) atoms. The lowest BCUT2D eigenvalue weighted by molar-refractivity contribution is 0.0505. The Hall–Kier alpha value is -1.96. The van der Waals surface area contributed by atoms with Crippen LogP contribution in [0.1, 0.15) is 28.8 Å². The fraction of sp³-hybridized carbons (Fsp3) is 0.500.